The molecule has 0 unspecified atom stereocenters. The van der Waals surface area contributed by atoms with Gasteiger partial charge in [0.15, 0.2) is 5.82 Å². The highest BCUT2D eigenvalue weighted by molar-refractivity contribution is 9.10. The number of nitrogens with zero attached hydrogens (tertiary/aromatic N) is 3. The Kier molecular flexibility index (Phi) is 3.86. The maximum Gasteiger partial charge on any atom is 0.164 e. The molecule has 90 valence electrons. The molecule has 0 spiro atoms. The van der Waals surface area contributed by atoms with Crippen molar-refractivity contribution in [1.82, 2.24) is 20.1 Å². The number of hydrogen-bond acceptors (Lipinski definition) is 3. The van der Waals surface area contributed by atoms with E-state index in [9.17, 15) is 4.39 Å². The van der Waals surface area contributed by atoms with Crippen LogP contribution in [0.25, 0.3) is 0 Å². The lowest BCUT2D eigenvalue weighted by molar-refractivity contribution is 0.608. The zero-order valence-corrected chi connectivity index (χ0v) is 10.9. The van der Waals surface area contributed by atoms with Crippen LogP contribution >= 0.6 is 15.9 Å². The standard InChI is InChI=1S/C11H12BrFN4/c1-17-7-15-10(16-17)6-14-5-8-3-2-4-9(13)11(8)12/h2-4,7,14H,5-6H2,1H3. The van der Waals surface area contributed by atoms with Gasteiger partial charge in [-0.25, -0.2) is 9.37 Å². The summed E-state index contributed by atoms with van der Waals surface area (Å²) in [6, 6.07) is 4.98. The number of benzene rings is 1. The molecular formula is C11H12BrFN4. The van der Waals surface area contributed by atoms with Crippen molar-refractivity contribution in [3.8, 4) is 0 Å². The molecule has 1 heterocycles. The van der Waals surface area contributed by atoms with E-state index in [2.05, 4.69) is 31.3 Å². The summed E-state index contributed by atoms with van der Waals surface area (Å²) in [5.41, 5.74) is 0.876. The predicted octanol–water partition coefficient (Wildman–Crippen LogP) is 2.01. The largest absolute Gasteiger partial charge is 0.306 e. The van der Waals surface area contributed by atoms with Gasteiger partial charge in [-0.3, -0.25) is 4.68 Å². The van der Waals surface area contributed by atoms with Gasteiger partial charge in [0, 0.05) is 13.6 Å². The minimum Gasteiger partial charge on any atom is -0.306 e. The van der Waals surface area contributed by atoms with Crippen molar-refractivity contribution in [2.45, 2.75) is 13.1 Å². The van der Waals surface area contributed by atoms with E-state index in [4.69, 9.17) is 0 Å². The van der Waals surface area contributed by atoms with Crippen LogP contribution in [0.3, 0.4) is 0 Å². The summed E-state index contributed by atoms with van der Waals surface area (Å²) in [6.07, 6.45) is 1.65. The van der Waals surface area contributed by atoms with E-state index in [0.29, 0.717) is 17.6 Å². The van der Waals surface area contributed by atoms with Gasteiger partial charge in [-0.15, -0.1) is 0 Å². The Morgan fingerprint density at radius 3 is 2.94 bits per heavy atom. The number of halogens is 2. The van der Waals surface area contributed by atoms with Crippen LogP contribution < -0.4 is 5.32 Å². The van der Waals surface area contributed by atoms with Gasteiger partial charge in [0.05, 0.1) is 11.0 Å². The minimum absolute atomic E-state index is 0.250. The zero-order chi connectivity index (χ0) is 12.3. The van der Waals surface area contributed by atoms with Crippen molar-refractivity contribution in [3.05, 3.63) is 46.2 Å². The zero-order valence-electron chi connectivity index (χ0n) is 9.32. The van der Waals surface area contributed by atoms with E-state index in [1.807, 2.05) is 13.1 Å². The SMILES string of the molecule is Cn1cnc(CNCc2cccc(F)c2Br)n1. The first-order valence-electron chi connectivity index (χ1n) is 5.15. The molecule has 0 aliphatic carbocycles. The number of hydrogen-bond donors (Lipinski definition) is 1. The first-order chi connectivity index (χ1) is 8.16. The maximum atomic E-state index is 13.2. The fourth-order valence-electron chi connectivity index (χ4n) is 1.46. The number of aryl methyl sites for hydroxylation is 1. The molecule has 2 aromatic rings. The third-order valence-corrected chi connectivity index (χ3v) is 3.17. The van der Waals surface area contributed by atoms with E-state index in [0.717, 1.165) is 11.4 Å². The Labute approximate surface area is 107 Å². The van der Waals surface area contributed by atoms with Gasteiger partial charge in [-0.05, 0) is 27.6 Å². The summed E-state index contributed by atoms with van der Waals surface area (Å²) in [5.74, 6) is 0.472. The van der Waals surface area contributed by atoms with E-state index < -0.39 is 0 Å². The summed E-state index contributed by atoms with van der Waals surface area (Å²) >= 11 is 3.22. The molecule has 0 saturated carbocycles. The van der Waals surface area contributed by atoms with Crippen molar-refractivity contribution in [1.29, 1.82) is 0 Å². The van der Waals surface area contributed by atoms with E-state index in [1.54, 1.807) is 17.1 Å². The van der Waals surface area contributed by atoms with Gasteiger partial charge in [-0.1, -0.05) is 12.1 Å². The molecule has 1 aromatic carbocycles. The highest BCUT2D eigenvalue weighted by Crippen LogP contribution is 2.20. The lowest BCUT2D eigenvalue weighted by atomic mass is 10.2. The van der Waals surface area contributed by atoms with Gasteiger partial charge in [0.1, 0.15) is 12.1 Å². The van der Waals surface area contributed by atoms with Crippen LogP contribution in [0.15, 0.2) is 29.0 Å². The first-order valence-corrected chi connectivity index (χ1v) is 5.94. The quantitative estimate of drug-likeness (QED) is 0.939. The third kappa shape index (κ3) is 3.10. The van der Waals surface area contributed by atoms with Crippen LogP contribution in [-0.4, -0.2) is 14.8 Å². The van der Waals surface area contributed by atoms with Gasteiger partial charge in [-0.2, -0.15) is 5.10 Å². The highest BCUT2D eigenvalue weighted by Gasteiger charge is 2.05. The molecule has 0 fully saturated rings. The average Bonchev–Trinajstić information content (AvgIpc) is 2.70. The Balaban J connectivity index is 1.92. The lowest BCUT2D eigenvalue weighted by Crippen LogP contribution is -2.14. The average molecular weight is 299 g/mol. The van der Waals surface area contributed by atoms with Crippen molar-refractivity contribution in [2.75, 3.05) is 0 Å². The third-order valence-electron chi connectivity index (χ3n) is 2.28. The van der Waals surface area contributed by atoms with Crippen LogP contribution in [-0.2, 0) is 20.1 Å². The second-order valence-electron chi connectivity index (χ2n) is 3.65. The summed E-state index contributed by atoms with van der Waals surface area (Å²) in [6.45, 7) is 1.13. The molecule has 0 amide bonds. The predicted molar refractivity (Wildman–Crippen MR) is 65.6 cm³/mol. The molecule has 4 nitrogen and oxygen atoms in total. The fraction of sp³-hybridized carbons (Fsp3) is 0.273. The van der Waals surface area contributed by atoms with Crippen LogP contribution in [0, 0.1) is 5.82 Å². The maximum absolute atomic E-state index is 13.2. The molecule has 17 heavy (non-hydrogen) atoms. The molecular weight excluding hydrogens is 287 g/mol. The lowest BCUT2D eigenvalue weighted by Gasteiger charge is -2.05. The smallest absolute Gasteiger partial charge is 0.164 e. The summed E-state index contributed by atoms with van der Waals surface area (Å²) in [7, 11) is 1.82. The molecule has 6 heteroatoms. The number of nitrogens with one attached hydrogen (secondary N) is 1. The summed E-state index contributed by atoms with van der Waals surface area (Å²) < 4.78 is 15.4. The molecule has 2 rings (SSSR count). The molecule has 0 radical (unpaired) electrons. The van der Waals surface area contributed by atoms with E-state index in [-0.39, 0.29) is 5.82 Å². The van der Waals surface area contributed by atoms with Gasteiger partial charge in [0.25, 0.3) is 0 Å². The Morgan fingerprint density at radius 2 is 2.24 bits per heavy atom. The second kappa shape index (κ2) is 5.37. The molecule has 0 atom stereocenters. The number of aromatic nitrogens is 3. The van der Waals surface area contributed by atoms with Crippen molar-refractivity contribution in [3.63, 3.8) is 0 Å². The van der Waals surface area contributed by atoms with Gasteiger partial charge in [0.2, 0.25) is 0 Å². The van der Waals surface area contributed by atoms with E-state index in [1.165, 1.54) is 6.07 Å². The molecule has 0 aliphatic rings. The molecule has 1 aromatic heterocycles. The Hall–Kier alpha value is -1.27. The molecule has 1 N–H and O–H groups in total. The molecule has 0 bridgehead atoms. The monoisotopic (exact) mass is 298 g/mol. The van der Waals surface area contributed by atoms with Gasteiger partial charge < -0.3 is 5.32 Å². The van der Waals surface area contributed by atoms with E-state index >= 15 is 0 Å². The van der Waals surface area contributed by atoms with Crippen molar-refractivity contribution < 1.29 is 4.39 Å². The summed E-state index contributed by atoms with van der Waals surface area (Å²) in [5, 5.41) is 7.30. The Morgan fingerprint density at radius 1 is 1.41 bits per heavy atom. The molecule has 0 saturated heterocycles. The van der Waals surface area contributed by atoms with Crippen molar-refractivity contribution in [2.24, 2.45) is 7.05 Å². The molecule has 0 aliphatic heterocycles. The van der Waals surface area contributed by atoms with Crippen LogP contribution in [0.1, 0.15) is 11.4 Å². The van der Waals surface area contributed by atoms with Crippen LogP contribution in [0.5, 0.6) is 0 Å². The second-order valence-corrected chi connectivity index (χ2v) is 4.44. The van der Waals surface area contributed by atoms with Crippen molar-refractivity contribution >= 4 is 15.9 Å². The summed E-state index contributed by atoms with van der Waals surface area (Å²) in [4.78, 5) is 4.09. The fourth-order valence-corrected chi connectivity index (χ4v) is 1.86. The highest BCUT2D eigenvalue weighted by atomic mass is 79.9. The van der Waals surface area contributed by atoms with Gasteiger partial charge >= 0.3 is 0 Å². The normalized spacial score (nSPS) is 10.8. The topological polar surface area (TPSA) is 42.7 Å². The van der Waals surface area contributed by atoms with Crippen LogP contribution in [0.4, 0.5) is 4.39 Å². The minimum atomic E-state index is -0.250. The Bertz CT molecular complexity index is 512. The number of rotatable bonds is 4. The van der Waals surface area contributed by atoms with Crippen LogP contribution in [0.2, 0.25) is 0 Å². The first kappa shape index (κ1) is 12.2.